The summed E-state index contributed by atoms with van der Waals surface area (Å²) < 4.78 is 12.1. The number of H-pyrrole nitrogens is 1. The summed E-state index contributed by atoms with van der Waals surface area (Å²) in [5, 5.41) is 15.7. The van der Waals surface area contributed by atoms with Gasteiger partial charge in [0.25, 0.3) is 11.3 Å². The topological polar surface area (TPSA) is 124 Å². The molecule has 2 aromatic carbocycles. The van der Waals surface area contributed by atoms with E-state index in [0.717, 1.165) is 23.1 Å². The molecule has 2 aromatic heterocycles. The molecular formula is C22H22N6O4S. The number of rotatable bonds is 9. The molecular weight excluding hydrogens is 444 g/mol. The molecule has 0 saturated heterocycles. The van der Waals surface area contributed by atoms with Gasteiger partial charge in [0.1, 0.15) is 17.2 Å². The van der Waals surface area contributed by atoms with Crippen molar-refractivity contribution in [1.29, 1.82) is 0 Å². The minimum atomic E-state index is -0.340. The zero-order chi connectivity index (χ0) is 23.2. The lowest BCUT2D eigenvalue weighted by molar-refractivity contribution is -0.113. The third-order valence-corrected chi connectivity index (χ3v) is 5.56. The Hall–Kier alpha value is -3.86. The number of nitrogens with one attached hydrogen (secondary N) is 2. The van der Waals surface area contributed by atoms with Gasteiger partial charge in [-0.2, -0.15) is 9.61 Å². The van der Waals surface area contributed by atoms with Gasteiger partial charge < -0.3 is 14.8 Å². The maximum atomic E-state index is 12.5. The molecule has 0 aliphatic rings. The van der Waals surface area contributed by atoms with Gasteiger partial charge in [-0.1, -0.05) is 36.0 Å². The average Bonchev–Trinajstić information content (AvgIpc) is 3.21. The van der Waals surface area contributed by atoms with Crippen LogP contribution in [0.4, 0.5) is 5.69 Å². The number of nitrogens with zero attached hydrogens (tertiary/aromatic N) is 4. The molecule has 170 valence electrons. The summed E-state index contributed by atoms with van der Waals surface area (Å²) in [7, 11) is 1.60. The number of carbonyl (C=O) groups is 1. The third kappa shape index (κ3) is 5.32. The maximum Gasteiger partial charge on any atom is 0.274 e. The second-order valence-electron chi connectivity index (χ2n) is 6.91. The maximum absolute atomic E-state index is 12.5. The molecule has 0 atom stereocenters. The van der Waals surface area contributed by atoms with Crippen LogP contribution in [0.15, 0.2) is 58.5 Å². The quantitative estimate of drug-likeness (QED) is 0.361. The number of hydrogen-bond donors (Lipinski definition) is 2. The van der Waals surface area contributed by atoms with E-state index in [1.807, 2.05) is 43.3 Å². The summed E-state index contributed by atoms with van der Waals surface area (Å²) in [5.41, 5.74) is 1.47. The van der Waals surface area contributed by atoms with Gasteiger partial charge in [0, 0.05) is 6.42 Å². The standard InChI is InChI=1S/C22H22N6O4S/c1-3-32-18-7-5-4-6-16(18)23-19(29)13-33-22-26-25-21-24-20(30)17(27-28(21)22)12-14-8-10-15(31-2)11-9-14/h4-11H,3,12-13H2,1-2H3,(H,23,29)(H,24,25,30). The van der Waals surface area contributed by atoms with Gasteiger partial charge in [-0.05, 0) is 36.8 Å². The molecule has 0 bridgehead atoms. The number of carbonyl (C=O) groups excluding carboxylic acids is 1. The molecule has 4 rings (SSSR count). The zero-order valence-corrected chi connectivity index (χ0v) is 18.9. The van der Waals surface area contributed by atoms with E-state index in [1.165, 1.54) is 4.52 Å². The molecule has 2 heterocycles. The molecule has 0 aliphatic heterocycles. The van der Waals surface area contributed by atoms with E-state index in [1.54, 1.807) is 19.2 Å². The van der Waals surface area contributed by atoms with Crippen molar-refractivity contribution in [2.24, 2.45) is 0 Å². The van der Waals surface area contributed by atoms with Crippen molar-refractivity contribution in [3.63, 3.8) is 0 Å². The molecule has 33 heavy (non-hydrogen) atoms. The second-order valence-corrected chi connectivity index (χ2v) is 7.85. The predicted octanol–water partition coefficient (Wildman–Crippen LogP) is 2.54. The van der Waals surface area contributed by atoms with Crippen molar-refractivity contribution >= 4 is 29.1 Å². The number of hydrogen-bond acceptors (Lipinski definition) is 8. The first kappa shape index (κ1) is 22.3. The van der Waals surface area contributed by atoms with E-state index in [9.17, 15) is 9.59 Å². The van der Waals surface area contributed by atoms with Crippen molar-refractivity contribution in [2.45, 2.75) is 18.5 Å². The fourth-order valence-corrected chi connectivity index (χ4v) is 3.76. The fraction of sp³-hybridized carbons (Fsp3) is 0.227. The first-order valence-corrected chi connectivity index (χ1v) is 11.2. The van der Waals surface area contributed by atoms with E-state index in [0.29, 0.717) is 35.3 Å². The van der Waals surface area contributed by atoms with Crippen LogP contribution < -0.4 is 20.3 Å². The summed E-state index contributed by atoms with van der Waals surface area (Å²) >= 11 is 1.16. The van der Waals surface area contributed by atoms with E-state index in [-0.39, 0.29) is 23.0 Å². The molecule has 10 nitrogen and oxygen atoms in total. The Bertz CT molecular complexity index is 1320. The minimum absolute atomic E-state index is 0.0792. The molecule has 0 fully saturated rings. The fourth-order valence-electron chi connectivity index (χ4n) is 3.08. The van der Waals surface area contributed by atoms with Gasteiger partial charge in [0.05, 0.1) is 25.2 Å². The van der Waals surface area contributed by atoms with Crippen LogP contribution in [0.25, 0.3) is 5.78 Å². The van der Waals surface area contributed by atoms with Crippen LogP contribution in [0.3, 0.4) is 0 Å². The Morgan fingerprint density at radius 3 is 2.70 bits per heavy atom. The monoisotopic (exact) mass is 466 g/mol. The van der Waals surface area contributed by atoms with Gasteiger partial charge in [0.2, 0.25) is 11.1 Å². The van der Waals surface area contributed by atoms with Crippen molar-refractivity contribution < 1.29 is 14.3 Å². The largest absolute Gasteiger partial charge is 0.497 e. The Morgan fingerprint density at radius 1 is 1.15 bits per heavy atom. The molecule has 4 aromatic rings. The number of thioether (sulfide) groups is 1. The molecule has 0 saturated carbocycles. The number of aromatic nitrogens is 5. The van der Waals surface area contributed by atoms with Crippen molar-refractivity contribution in [2.75, 3.05) is 24.8 Å². The van der Waals surface area contributed by atoms with Gasteiger partial charge in [-0.25, -0.2) is 0 Å². The van der Waals surface area contributed by atoms with Gasteiger partial charge in [-0.15, -0.1) is 10.2 Å². The van der Waals surface area contributed by atoms with Crippen LogP contribution in [0, 0.1) is 0 Å². The Labute approximate surface area is 193 Å². The predicted molar refractivity (Wildman–Crippen MR) is 124 cm³/mol. The number of para-hydroxylation sites is 2. The molecule has 11 heteroatoms. The van der Waals surface area contributed by atoms with Gasteiger partial charge >= 0.3 is 0 Å². The molecule has 0 aliphatic carbocycles. The summed E-state index contributed by atoms with van der Waals surface area (Å²) in [5.74, 6) is 1.40. The lowest BCUT2D eigenvalue weighted by atomic mass is 10.1. The summed E-state index contributed by atoms with van der Waals surface area (Å²) in [6, 6.07) is 14.6. The number of ether oxygens (including phenoxy) is 2. The molecule has 0 spiro atoms. The Morgan fingerprint density at radius 2 is 1.94 bits per heavy atom. The smallest absolute Gasteiger partial charge is 0.274 e. The highest BCUT2D eigenvalue weighted by Crippen LogP contribution is 2.24. The second kappa shape index (κ2) is 10.2. The van der Waals surface area contributed by atoms with Crippen molar-refractivity contribution in [1.82, 2.24) is 24.8 Å². The summed E-state index contributed by atoms with van der Waals surface area (Å²) in [4.78, 5) is 27.6. The zero-order valence-electron chi connectivity index (χ0n) is 18.1. The Balaban J connectivity index is 1.47. The summed E-state index contributed by atoms with van der Waals surface area (Å²) in [6.07, 6.45) is 0.326. The third-order valence-electron chi connectivity index (χ3n) is 4.64. The van der Waals surface area contributed by atoms with E-state index >= 15 is 0 Å². The van der Waals surface area contributed by atoms with Gasteiger partial charge in [0.15, 0.2) is 0 Å². The first-order valence-electron chi connectivity index (χ1n) is 10.2. The number of fused-ring (bicyclic) bond motifs is 1. The van der Waals surface area contributed by atoms with Crippen LogP contribution in [-0.2, 0) is 11.2 Å². The van der Waals surface area contributed by atoms with Gasteiger partial charge in [-0.3, -0.25) is 14.6 Å². The SMILES string of the molecule is CCOc1ccccc1NC(=O)CSc1nnc2[nH]c(=O)c(Cc3ccc(OC)cc3)nn12. The van der Waals surface area contributed by atoms with Crippen molar-refractivity contribution in [3.8, 4) is 11.5 Å². The number of amides is 1. The molecule has 0 unspecified atom stereocenters. The van der Waals surface area contributed by atoms with E-state index in [2.05, 4.69) is 25.6 Å². The van der Waals surface area contributed by atoms with Crippen LogP contribution in [0.2, 0.25) is 0 Å². The lowest BCUT2D eigenvalue weighted by Gasteiger charge is -2.10. The van der Waals surface area contributed by atoms with Crippen molar-refractivity contribution in [3.05, 3.63) is 70.1 Å². The highest BCUT2D eigenvalue weighted by Gasteiger charge is 2.15. The number of anilines is 1. The summed E-state index contributed by atoms with van der Waals surface area (Å²) in [6.45, 7) is 2.38. The van der Waals surface area contributed by atoms with Crippen LogP contribution >= 0.6 is 11.8 Å². The highest BCUT2D eigenvalue weighted by atomic mass is 32.2. The Kier molecular flexibility index (Phi) is 6.89. The number of benzene rings is 2. The van der Waals surface area contributed by atoms with Crippen LogP contribution in [-0.4, -0.2) is 50.2 Å². The molecule has 0 radical (unpaired) electrons. The van der Waals surface area contributed by atoms with E-state index < -0.39 is 0 Å². The van der Waals surface area contributed by atoms with Crippen LogP contribution in [0.5, 0.6) is 11.5 Å². The first-order chi connectivity index (χ1) is 16.1. The van der Waals surface area contributed by atoms with E-state index in [4.69, 9.17) is 9.47 Å². The lowest BCUT2D eigenvalue weighted by Crippen LogP contribution is -2.19. The van der Waals surface area contributed by atoms with Crippen LogP contribution in [0.1, 0.15) is 18.2 Å². The average molecular weight is 467 g/mol. The minimum Gasteiger partial charge on any atom is -0.497 e. The highest BCUT2D eigenvalue weighted by molar-refractivity contribution is 7.99. The number of methoxy groups -OCH3 is 1. The molecule has 1 amide bonds. The normalized spacial score (nSPS) is 10.8. The molecule has 2 N–H and O–H groups in total. The number of aromatic amines is 1.